The Bertz CT molecular complexity index is 668. The Kier molecular flexibility index (Phi) is 4.21. The first-order valence-electron chi connectivity index (χ1n) is 9.15. The van der Waals surface area contributed by atoms with Crippen molar-refractivity contribution < 1.29 is 0 Å². The minimum Gasteiger partial charge on any atom is -0.368 e. The molecule has 2 heterocycles. The van der Waals surface area contributed by atoms with Crippen LogP contribution in [-0.4, -0.2) is 42.1 Å². The summed E-state index contributed by atoms with van der Waals surface area (Å²) in [6, 6.07) is 9.66. The van der Waals surface area contributed by atoms with Gasteiger partial charge in [0.25, 0.3) is 0 Å². The quantitative estimate of drug-likeness (QED) is 0.836. The highest BCUT2D eigenvalue weighted by Crippen LogP contribution is 2.26. The predicted molar refractivity (Wildman–Crippen MR) is 97.1 cm³/mol. The van der Waals surface area contributed by atoms with Crippen molar-refractivity contribution in [3.05, 3.63) is 36.0 Å². The summed E-state index contributed by atoms with van der Waals surface area (Å²) in [5, 5.41) is 1.26. The van der Waals surface area contributed by atoms with Crippen molar-refractivity contribution in [2.75, 3.05) is 31.1 Å². The van der Waals surface area contributed by atoms with Gasteiger partial charge in [0.15, 0.2) is 0 Å². The number of hydrogen-bond donors (Lipinski definition) is 0. The Labute approximate surface area is 139 Å². The van der Waals surface area contributed by atoms with Gasteiger partial charge in [-0.1, -0.05) is 30.9 Å². The third-order valence-electron chi connectivity index (χ3n) is 5.59. The molecule has 1 aromatic heterocycles. The number of aromatic nitrogens is 1. The molecule has 0 amide bonds. The average molecular weight is 309 g/mol. The third kappa shape index (κ3) is 3.20. The highest BCUT2D eigenvalue weighted by atomic mass is 15.3. The number of piperazine rings is 1. The zero-order valence-electron chi connectivity index (χ0n) is 14.2. The van der Waals surface area contributed by atoms with Gasteiger partial charge in [0.05, 0.1) is 17.4 Å². The normalized spacial score (nSPS) is 21.0. The lowest BCUT2D eigenvalue weighted by molar-refractivity contribution is 0.148. The fourth-order valence-corrected chi connectivity index (χ4v) is 4.20. The van der Waals surface area contributed by atoms with E-state index < -0.39 is 0 Å². The Balaban J connectivity index is 1.45. The fraction of sp³-hybridized carbons (Fsp3) is 0.550. The van der Waals surface area contributed by atoms with Gasteiger partial charge in [-0.2, -0.15) is 0 Å². The van der Waals surface area contributed by atoms with Crippen LogP contribution in [0.15, 0.2) is 30.5 Å². The minimum atomic E-state index is 0.850. The van der Waals surface area contributed by atoms with Gasteiger partial charge in [0, 0.05) is 37.6 Å². The first-order valence-corrected chi connectivity index (χ1v) is 9.15. The van der Waals surface area contributed by atoms with Gasteiger partial charge in [-0.3, -0.25) is 9.88 Å². The van der Waals surface area contributed by atoms with E-state index in [1.165, 1.54) is 61.8 Å². The molecule has 0 unspecified atom stereocenters. The Hall–Kier alpha value is -1.61. The van der Waals surface area contributed by atoms with Gasteiger partial charge < -0.3 is 4.90 Å². The summed E-state index contributed by atoms with van der Waals surface area (Å²) < 4.78 is 0. The smallest absolute Gasteiger partial charge is 0.0703 e. The molecular formula is C20H27N3. The van der Waals surface area contributed by atoms with Gasteiger partial charge in [-0.15, -0.1) is 0 Å². The summed E-state index contributed by atoms with van der Waals surface area (Å²) in [6.07, 6.45) is 9.18. The summed E-state index contributed by atoms with van der Waals surface area (Å²) in [5.41, 5.74) is 3.69. The molecule has 122 valence electrons. The number of pyridine rings is 1. The van der Waals surface area contributed by atoms with Crippen LogP contribution < -0.4 is 4.90 Å². The van der Waals surface area contributed by atoms with Crippen molar-refractivity contribution in [1.82, 2.24) is 9.88 Å². The van der Waals surface area contributed by atoms with Crippen LogP contribution in [0.25, 0.3) is 10.9 Å². The molecule has 0 atom stereocenters. The van der Waals surface area contributed by atoms with Crippen molar-refractivity contribution >= 4 is 16.6 Å². The van der Waals surface area contributed by atoms with E-state index in [2.05, 4.69) is 46.0 Å². The maximum absolute atomic E-state index is 4.65. The first-order chi connectivity index (χ1) is 11.3. The Morgan fingerprint density at radius 2 is 1.74 bits per heavy atom. The van der Waals surface area contributed by atoms with Crippen LogP contribution in [0.4, 0.5) is 5.69 Å². The highest BCUT2D eigenvalue weighted by molar-refractivity contribution is 5.82. The molecule has 1 aliphatic carbocycles. The second-order valence-corrected chi connectivity index (χ2v) is 7.20. The van der Waals surface area contributed by atoms with Gasteiger partial charge >= 0.3 is 0 Å². The standard InChI is InChI=1S/C20H27N3/c1-16-7-8-20-17(13-16)14-19(15-21-20)23-11-9-22(10-12-23)18-5-3-2-4-6-18/h7-8,13-15,18H,2-6,9-12H2,1H3. The summed E-state index contributed by atoms with van der Waals surface area (Å²) in [5.74, 6) is 0. The number of nitrogens with zero attached hydrogens (tertiary/aromatic N) is 3. The number of hydrogen-bond acceptors (Lipinski definition) is 3. The van der Waals surface area contributed by atoms with E-state index in [0.717, 1.165) is 24.6 Å². The Morgan fingerprint density at radius 1 is 0.957 bits per heavy atom. The lowest BCUT2D eigenvalue weighted by atomic mass is 9.94. The van der Waals surface area contributed by atoms with E-state index in [0.29, 0.717) is 0 Å². The van der Waals surface area contributed by atoms with E-state index in [9.17, 15) is 0 Å². The number of benzene rings is 1. The molecule has 1 saturated carbocycles. The molecule has 0 radical (unpaired) electrons. The highest BCUT2D eigenvalue weighted by Gasteiger charge is 2.25. The van der Waals surface area contributed by atoms with Crippen LogP contribution in [0.1, 0.15) is 37.7 Å². The van der Waals surface area contributed by atoms with Gasteiger partial charge in [-0.25, -0.2) is 0 Å². The van der Waals surface area contributed by atoms with Crippen molar-refractivity contribution in [1.29, 1.82) is 0 Å². The fourth-order valence-electron chi connectivity index (χ4n) is 4.20. The third-order valence-corrected chi connectivity index (χ3v) is 5.59. The van der Waals surface area contributed by atoms with Gasteiger partial charge in [0.2, 0.25) is 0 Å². The zero-order chi connectivity index (χ0) is 15.6. The maximum Gasteiger partial charge on any atom is 0.0703 e. The van der Waals surface area contributed by atoms with E-state index in [1.807, 2.05) is 6.20 Å². The second kappa shape index (κ2) is 6.48. The van der Waals surface area contributed by atoms with Crippen LogP contribution >= 0.6 is 0 Å². The van der Waals surface area contributed by atoms with E-state index in [4.69, 9.17) is 0 Å². The molecule has 2 fully saturated rings. The predicted octanol–water partition coefficient (Wildman–Crippen LogP) is 4.00. The monoisotopic (exact) mass is 309 g/mol. The number of aryl methyl sites for hydroxylation is 1. The van der Waals surface area contributed by atoms with Gasteiger partial charge in [-0.05, 0) is 38.0 Å². The van der Waals surface area contributed by atoms with Crippen LogP contribution in [0.3, 0.4) is 0 Å². The minimum absolute atomic E-state index is 0.850. The SMILES string of the molecule is Cc1ccc2ncc(N3CCN(C4CCCCC4)CC3)cc2c1. The second-order valence-electron chi connectivity index (χ2n) is 7.20. The first kappa shape index (κ1) is 14.9. The van der Waals surface area contributed by atoms with E-state index in [1.54, 1.807) is 0 Å². The zero-order valence-corrected chi connectivity index (χ0v) is 14.2. The van der Waals surface area contributed by atoms with Crippen molar-refractivity contribution in [2.24, 2.45) is 0 Å². The topological polar surface area (TPSA) is 19.4 Å². The van der Waals surface area contributed by atoms with Crippen LogP contribution in [-0.2, 0) is 0 Å². The Morgan fingerprint density at radius 3 is 2.52 bits per heavy atom. The molecule has 0 spiro atoms. The lowest BCUT2D eigenvalue weighted by Gasteiger charge is -2.41. The number of anilines is 1. The molecule has 1 aliphatic heterocycles. The van der Waals surface area contributed by atoms with E-state index in [-0.39, 0.29) is 0 Å². The average Bonchev–Trinajstić information content (AvgIpc) is 2.62. The molecule has 2 aromatic rings. The lowest BCUT2D eigenvalue weighted by Crippen LogP contribution is -2.50. The van der Waals surface area contributed by atoms with Crippen LogP contribution in [0, 0.1) is 6.92 Å². The largest absolute Gasteiger partial charge is 0.368 e. The summed E-state index contributed by atoms with van der Waals surface area (Å²) in [6.45, 7) is 6.83. The van der Waals surface area contributed by atoms with Crippen LogP contribution in [0.2, 0.25) is 0 Å². The number of rotatable bonds is 2. The maximum atomic E-state index is 4.65. The van der Waals surface area contributed by atoms with Gasteiger partial charge in [0.1, 0.15) is 0 Å². The van der Waals surface area contributed by atoms with Crippen molar-refractivity contribution in [3.8, 4) is 0 Å². The van der Waals surface area contributed by atoms with E-state index >= 15 is 0 Å². The van der Waals surface area contributed by atoms with Crippen molar-refractivity contribution in [3.63, 3.8) is 0 Å². The molecule has 3 heteroatoms. The molecule has 4 rings (SSSR count). The summed E-state index contributed by atoms with van der Waals surface area (Å²) in [4.78, 5) is 9.89. The molecule has 1 saturated heterocycles. The molecule has 1 aromatic carbocycles. The molecule has 23 heavy (non-hydrogen) atoms. The molecular weight excluding hydrogens is 282 g/mol. The van der Waals surface area contributed by atoms with Crippen LogP contribution in [0.5, 0.6) is 0 Å². The summed E-state index contributed by atoms with van der Waals surface area (Å²) in [7, 11) is 0. The number of fused-ring (bicyclic) bond motifs is 1. The molecule has 3 nitrogen and oxygen atoms in total. The molecule has 0 N–H and O–H groups in total. The summed E-state index contributed by atoms with van der Waals surface area (Å²) >= 11 is 0. The van der Waals surface area contributed by atoms with Crippen molar-refractivity contribution in [2.45, 2.75) is 45.1 Å². The molecule has 2 aliphatic rings. The molecule has 0 bridgehead atoms.